The van der Waals surface area contributed by atoms with Gasteiger partial charge in [0.2, 0.25) is 0 Å². The van der Waals surface area contributed by atoms with Crippen molar-refractivity contribution in [2.24, 2.45) is 52.3 Å². The first-order chi connectivity index (χ1) is 17.5. The van der Waals surface area contributed by atoms with Crippen LogP contribution >= 0.6 is 0 Å². The molecular formula is C34H50O3. The minimum absolute atomic E-state index is 0.173. The molecule has 3 unspecified atom stereocenters. The molecule has 4 aliphatic carbocycles. The number of Topliss-reactive ketones (excluding diaryl/α,β-unsaturated/α-hetero) is 1. The maximum Gasteiger partial charge on any atom is 0.129 e. The van der Waals surface area contributed by atoms with Gasteiger partial charge in [0, 0.05) is 6.42 Å². The van der Waals surface area contributed by atoms with Crippen LogP contribution < -0.4 is 0 Å². The van der Waals surface area contributed by atoms with E-state index < -0.39 is 0 Å². The molecule has 11 atom stereocenters. The Morgan fingerprint density at radius 3 is 2.30 bits per heavy atom. The van der Waals surface area contributed by atoms with Gasteiger partial charge < -0.3 is 15.0 Å². The van der Waals surface area contributed by atoms with Gasteiger partial charge in [-0.15, -0.1) is 6.42 Å². The fourth-order valence-corrected chi connectivity index (χ4v) is 9.69. The molecule has 4 rings (SSSR count). The predicted octanol–water partition coefficient (Wildman–Crippen LogP) is 6.26. The van der Waals surface area contributed by atoms with Crippen LogP contribution in [0.4, 0.5) is 0 Å². The van der Waals surface area contributed by atoms with Crippen molar-refractivity contribution in [2.45, 2.75) is 118 Å². The van der Waals surface area contributed by atoms with Gasteiger partial charge >= 0.3 is 0 Å². The van der Waals surface area contributed by atoms with Crippen LogP contribution in [0, 0.1) is 88.3 Å². The Labute approximate surface area is 227 Å². The first-order valence-corrected chi connectivity index (χ1v) is 14.8. The quantitative estimate of drug-likeness (QED) is 0.433. The fourth-order valence-electron chi connectivity index (χ4n) is 9.69. The molecule has 0 heterocycles. The highest BCUT2D eigenvalue weighted by molar-refractivity contribution is 5.75. The molecule has 4 fully saturated rings. The molecule has 3 nitrogen and oxygen atoms in total. The highest BCUT2D eigenvalue weighted by Crippen LogP contribution is 2.69. The highest BCUT2D eigenvalue weighted by atomic mass is 16.3. The first-order valence-electron chi connectivity index (χ1n) is 14.8. The second kappa shape index (κ2) is 12.4. The molecule has 4 saturated carbocycles. The lowest BCUT2D eigenvalue weighted by Gasteiger charge is -2.64. The minimum atomic E-state index is -0.209. The van der Waals surface area contributed by atoms with E-state index in [4.69, 9.17) is 6.42 Å². The Balaban J connectivity index is 0.000000479. The van der Waals surface area contributed by atoms with E-state index in [1.165, 1.54) is 25.7 Å². The molecule has 204 valence electrons. The lowest BCUT2D eigenvalue weighted by Crippen LogP contribution is -2.62. The zero-order valence-electron chi connectivity index (χ0n) is 24.1. The van der Waals surface area contributed by atoms with Crippen molar-refractivity contribution in [3.63, 3.8) is 0 Å². The Kier molecular flexibility index (Phi) is 10.0. The summed E-state index contributed by atoms with van der Waals surface area (Å²) in [4.78, 5) is 11.6. The van der Waals surface area contributed by atoms with Crippen molar-refractivity contribution in [3.8, 4) is 36.0 Å². The Hall–Kier alpha value is -1.73. The van der Waals surface area contributed by atoms with E-state index >= 15 is 0 Å². The van der Waals surface area contributed by atoms with Crippen LogP contribution in [0.15, 0.2) is 0 Å². The van der Waals surface area contributed by atoms with E-state index in [0.29, 0.717) is 59.0 Å². The van der Waals surface area contributed by atoms with Crippen LogP contribution in [0.2, 0.25) is 0 Å². The number of ketones is 1. The summed E-state index contributed by atoms with van der Waals surface area (Å²) in [5.41, 5.74) is 0.595. The van der Waals surface area contributed by atoms with Crippen molar-refractivity contribution < 1.29 is 15.0 Å². The van der Waals surface area contributed by atoms with E-state index in [2.05, 4.69) is 57.3 Å². The Morgan fingerprint density at radius 2 is 1.68 bits per heavy atom. The molecule has 0 aromatic carbocycles. The molecule has 0 aliphatic heterocycles. The van der Waals surface area contributed by atoms with E-state index in [-0.39, 0.29) is 17.6 Å². The monoisotopic (exact) mass is 506 g/mol. The molecule has 0 spiro atoms. The number of hydrogen-bond acceptors (Lipinski definition) is 3. The maximum absolute atomic E-state index is 11.7. The lowest BCUT2D eigenvalue weighted by molar-refractivity contribution is -0.203. The van der Waals surface area contributed by atoms with Gasteiger partial charge in [0.1, 0.15) is 5.78 Å². The average Bonchev–Trinajstić information content (AvgIpc) is 3.22. The van der Waals surface area contributed by atoms with Gasteiger partial charge in [-0.1, -0.05) is 40.0 Å². The standard InChI is InChI=1S/C27H46O3.C7H4/c1-6-19-23-15-18(29)11-13-27(23,5)22-12-14-26(4)20(16(2)7-8-17(3)28)9-10-21(26)24(22)25(19)30;1-3-5-7-6-4-2/h16,18-25,29-30H,6-15H2,1-5H3;1H,2H3/t16-,18-,19-,20-,21?,22?,23+,24?,25-,26-,27-;/m1./s1. The maximum atomic E-state index is 11.7. The second-order valence-corrected chi connectivity index (χ2v) is 13.1. The normalized spacial score (nSPS) is 42.5. The van der Waals surface area contributed by atoms with E-state index in [0.717, 1.165) is 32.1 Å². The molecule has 0 amide bonds. The molecule has 4 aliphatic rings. The van der Waals surface area contributed by atoms with Gasteiger partial charge in [-0.3, -0.25) is 0 Å². The molecule has 2 N–H and O–H groups in total. The summed E-state index contributed by atoms with van der Waals surface area (Å²) >= 11 is 0. The Bertz CT molecular complexity index is 969. The largest absolute Gasteiger partial charge is 0.393 e. The molecule has 37 heavy (non-hydrogen) atoms. The smallest absolute Gasteiger partial charge is 0.129 e. The van der Waals surface area contributed by atoms with E-state index in [9.17, 15) is 15.0 Å². The molecule has 3 heteroatoms. The lowest BCUT2D eigenvalue weighted by atomic mass is 9.41. The summed E-state index contributed by atoms with van der Waals surface area (Å²) in [6.45, 7) is 13.1. The third-order valence-corrected chi connectivity index (χ3v) is 11.4. The fraction of sp³-hybridized carbons (Fsp3) is 0.794. The number of aliphatic hydroxyl groups excluding tert-OH is 2. The van der Waals surface area contributed by atoms with Crippen LogP contribution in [-0.2, 0) is 4.79 Å². The van der Waals surface area contributed by atoms with E-state index in [1.54, 1.807) is 13.8 Å². The van der Waals surface area contributed by atoms with Gasteiger partial charge in [-0.2, -0.15) is 0 Å². The summed E-state index contributed by atoms with van der Waals surface area (Å²) in [6, 6.07) is 0. The molecule has 0 aromatic rings. The third-order valence-electron chi connectivity index (χ3n) is 11.4. The van der Waals surface area contributed by atoms with Gasteiger partial charge in [-0.25, -0.2) is 0 Å². The first kappa shape index (κ1) is 29.8. The van der Waals surface area contributed by atoms with Crippen LogP contribution in [0.3, 0.4) is 0 Å². The van der Waals surface area contributed by atoms with E-state index in [1.807, 2.05) is 0 Å². The zero-order valence-corrected chi connectivity index (χ0v) is 24.1. The summed E-state index contributed by atoms with van der Waals surface area (Å²) in [5, 5.41) is 22.2. The number of fused-ring (bicyclic) bond motifs is 5. The summed E-state index contributed by atoms with van der Waals surface area (Å²) in [6.07, 6.45) is 15.2. The minimum Gasteiger partial charge on any atom is -0.393 e. The summed E-state index contributed by atoms with van der Waals surface area (Å²) in [5.74, 6) is 16.1. The van der Waals surface area contributed by atoms with Crippen molar-refractivity contribution in [3.05, 3.63) is 0 Å². The van der Waals surface area contributed by atoms with Gasteiger partial charge in [0.05, 0.1) is 12.2 Å². The van der Waals surface area contributed by atoms with Crippen molar-refractivity contribution in [1.29, 1.82) is 0 Å². The number of hydrogen-bond donors (Lipinski definition) is 2. The summed E-state index contributed by atoms with van der Waals surface area (Å²) in [7, 11) is 0. The molecule has 0 aromatic heterocycles. The summed E-state index contributed by atoms with van der Waals surface area (Å²) < 4.78 is 0. The molecular weight excluding hydrogens is 456 g/mol. The van der Waals surface area contributed by atoms with Crippen molar-refractivity contribution in [2.75, 3.05) is 0 Å². The number of carbonyl (C=O) groups excluding carboxylic acids is 1. The highest BCUT2D eigenvalue weighted by Gasteiger charge is 2.64. The number of carbonyl (C=O) groups is 1. The zero-order chi connectivity index (χ0) is 27.4. The number of rotatable bonds is 5. The van der Waals surface area contributed by atoms with Gasteiger partial charge in [0.25, 0.3) is 0 Å². The third kappa shape index (κ3) is 5.83. The van der Waals surface area contributed by atoms with Crippen LogP contribution in [-0.4, -0.2) is 28.2 Å². The SMILES string of the molecule is C#CC#CC#CC.CC[C@H]1[C@@H](O)C2C3CC[C@H]([C@H](C)CCC(C)=O)[C@@]3(C)CCC2[C@@]2(C)CC[C@@H](O)C[C@@H]12. The topological polar surface area (TPSA) is 57.5 Å². The Morgan fingerprint density at radius 1 is 1.00 bits per heavy atom. The average molecular weight is 507 g/mol. The van der Waals surface area contributed by atoms with Crippen LogP contribution in [0.1, 0.15) is 106 Å². The van der Waals surface area contributed by atoms with Crippen LogP contribution in [0.5, 0.6) is 0 Å². The molecule has 0 saturated heterocycles. The van der Waals surface area contributed by atoms with Crippen molar-refractivity contribution >= 4 is 5.78 Å². The number of terminal acetylenes is 1. The second-order valence-electron chi connectivity index (χ2n) is 13.1. The molecule has 0 radical (unpaired) electrons. The predicted molar refractivity (Wildman–Crippen MR) is 151 cm³/mol. The van der Waals surface area contributed by atoms with Gasteiger partial charge in [-0.05, 0) is 141 Å². The number of aliphatic hydroxyl groups is 2. The van der Waals surface area contributed by atoms with Crippen molar-refractivity contribution in [1.82, 2.24) is 0 Å². The van der Waals surface area contributed by atoms with Gasteiger partial charge in [0.15, 0.2) is 0 Å². The molecule has 0 bridgehead atoms. The van der Waals surface area contributed by atoms with Crippen LogP contribution in [0.25, 0.3) is 0 Å².